The Labute approximate surface area is 192 Å². The largest absolute Gasteiger partial charge is 0.507 e. The van der Waals surface area contributed by atoms with Crippen LogP contribution < -0.4 is 4.74 Å². The number of thiazole rings is 1. The number of nitrogens with zero attached hydrogens (tertiary/aromatic N) is 1. The molecule has 0 fully saturated rings. The summed E-state index contributed by atoms with van der Waals surface area (Å²) in [6, 6.07) is 19.1. The van der Waals surface area contributed by atoms with Gasteiger partial charge in [-0.2, -0.15) is 0 Å². The number of aromatic hydroxyl groups is 1. The van der Waals surface area contributed by atoms with Gasteiger partial charge in [-0.25, -0.2) is 9.78 Å². The van der Waals surface area contributed by atoms with E-state index in [0.29, 0.717) is 34.5 Å². The quantitative estimate of drug-likeness (QED) is 0.329. The maximum Gasteiger partial charge on any atom is 0.350 e. The zero-order valence-electron chi connectivity index (χ0n) is 18.7. The van der Waals surface area contributed by atoms with E-state index in [0.717, 1.165) is 21.9 Å². The van der Waals surface area contributed by atoms with E-state index in [1.807, 2.05) is 68.4 Å². The Morgan fingerprint density at radius 2 is 1.81 bits per heavy atom. The molecule has 1 aromatic heterocycles. The maximum absolute atomic E-state index is 12.1. The van der Waals surface area contributed by atoms with Crippen LogP contribution in [0.2, 0.25) is 0 Å². The minimum Gasteiger partial charge on any atom is -0.507 e. The molecule has 4 aromatic rings. The molecule has 0 spiro atoms. The van der Waals surface area contributed by atoms with Crippen LogP contribution in [0.1, 0.15) is 41.7 Å². The van der Waals surface area contributed by atoms with Crippen LogP contribution >= 0.6 is 11.3 Å². The molecule has 0 amide bonds. The fraction of sp³-hybridized carbons (Fsp3) is 0.231. The minimum absolute atomic E-state index is 0.155. The van der Waals surface area contributed by atoms with Crippen molar-refractivity contribution in [2.75, 3.05) is 6.61 Å². The summed E-state index contributed by atoms with van der Waals surface area (Å²) < 4.78 is 11.0. The van der Waals surface area contributed by atoms with Gasteiger partial charge in [-0.05, 0) is 55.1 Å². The van der Waals surface area contributed by atoms with Crippen LogP contribution in [0.4, 0.5) is 0 Å². The van der Waals surface area contributed by atoms with Gasteiger partial charge in [0.2, 0.25) is 0 Å². The predicted octanol–water partition coefficient (Wildman–Crippen LogP) is 6.76. The number of rotatable bonds is 6. The van der Waals surface area contributed by atoms with E-state index in [9.17, 15) is 9.90 Å². The number of benzene rings is 3. The first-order valence-corrected chi connectivity index (χ1v) is 11.4. The molecule has 1 heterocycles. The van der Waals surface area contributed by atoms with Gasteiger partial charge in [-0.15, -0.1) is 11.3 Å². The van der Waals surface area contributed by atoms with Crippen LogP contribution in [-0.4, -0.2) is 22.7 Å². The number of ether oxygens (including phenoxy) is 2. The van der Waals surface area contributed by atoms with Gasteiger partial charge in [0, 0.05) is 10.9 Å². The summed E-state index contributed by atoms with van der Waals surface area (Å²) in [5, 5.41) is 12.7. The van der Waals surface area contributed by atoms with Gasteiger partial charge in [0.1, 0.15) is 28.0 Å². The third kappa shape index (κ3) is 5.26. The zero-order chi connectivity index (χ0) is 23.1. The van der Waals surface area contributed by atoms with Crippen LogP contribution in [0.3, 0.4) is 0 Å². The molecule has 0 atom stereocenters. The molecule has 6 heteroatoms. The van der Waals surface area contributed by atoms with Crippen molar-refractivity contribution in [2.45, 2.75) is 34.3 Å². The van der Waals surface area contributed by atoms with Crippen LogP contribution in [0.25, 0.3) is 21.3 Å². The molecule has 0 aliphatic heterocycles. The predicted molar refractivity (Wildman–Crippen MR) is 130 cm³/mol. The van der Waals surface area contributed by atoms with Gasteiger partial charge in [0.15, 0.2) is 0 Å². The molecule has 0 saturated heterocycles. The Bertz CT molecular complexity index is 1200. The third-order valence-electron chi connectivity index (χ3n) is 4.65. The average Bonchev–Trinajstić information content (AvgIpc) is 3.21. The van der Waals surface area contributed by atoms with Crippen molar-refractivity contribution in [1.29, 1.82) is 0 Å². The van der Waals surface area contributed by atoms with E-state index in [1.54, 1.807) is 19.9 Å². The number of fused-ring (bicyclic) bond motifs is 1. The van der Waals surface area contributed by atoms with Gasteiger partial charge < -0.3 is 14.6 Å². The smallest absolute Gasteiger partial charge is 0.350 e. The Balaban J connectivity index is 0.00000141. The highest BCUT2D eigenvalue weighted by atomic mass is 32.1. The highest BCUT2D eigenvalue weighted by Crippen LogP contribution is 2.36. The summed E-state index contributed by atoms with van der Waals surface area (Å²) in [5.74, 6) is 0.494. The second-order valence-electron chi connectivity index (χ2n) is 6.81. The van der Waals surface area contributed by atoms with Crippen molar-refractivity contribution in [2.24, 2.45) is 0 Å². The number of carbonyl (C=O) groups excluding carboxylic acids is 1. The van der Waals surface area contributed by atoms with Crippen molar-refractivity contribution in [3.8, 4) is 22.1 Å². The molecule has 0 saturated carbocycles. The standard InChI is InChI=1S/C24H21NO4S.C2H6/c1-3-28-24(27)22-15(2)25-23(30-22)18-11-17-12-19(9-10-20(17)21(26)13-18)29-14-16-7-5-4-6-8-16;1-2/h4-13,26H,3,14H2,1-2H3;1-2H3. The molecule has 0 unspecified atom stereocenters. The normalized spacial score (nSPS) is 10.4. The van der Waals surface area contributed by atoms with Crippen LogP contribution in [-0.2, 0) is 11.3 Å². The van der Waals surface area contributed by atoms with Gasteiger partial charge in [-0.1, -0.05) is 44.2 Å². The monoisotopic (exact) mass is 449 g/mol. The molecular formula is C26H27NO4S. The van der Waals surface area contributed by atoms with Crippen molar-refractivity contribution < 1.29 is 19.4 Å². The molecular weight excluding hydrogens is 422 g/mol. The number of aryl methyl sites for hydroxylation is 1. The summed E-state index contributed by atoms with van der Waals surface area (Å²) in [7, 11) is 0. The van der Waals surface area contributed by atoms with Crippen molar-refractivity contribution >= 4 is 28.1 Å². The Morgan fingerprint density at radius 3 is 2.53 bits per heavy atom. The molecule has 32 heavy (non-hydrogen) atoms. The molecule has 3 aromatic carbocycles. The zero-order valence-corrected chi connectivity index (χ0v) is 19.5. The molecule has 1 N–H and O–H groups in total. The second-order valence-corrected chi connectivity index (χ2v) is 7.81. The Morgan fingerprint density at radius 1 is 1.06 bits per heavy atom. The molecule has 0 radical (unpaired) electrons. The lowest BCUT2D eigenvalue weighted by Crippen LogP contribution is -2.03. The molecule has 4 rings (SSSR count). The number of hydrogen-bond acceptors (Lipinski definition) is 6. The van der Waals surface area contributed by atoms with E-state index in [-0.39, 0.29) is 11.7 Å². The molecule has 0 aliphatic rings. The first-order valence-electron chi connectivity index (χ1n) is 10.6. The first kappa shape index (κ1) is 23.3. The molecule has 0 bridgehead atoms. The lowest BCUT2D eigenvalue weighted by Gasteiger charge is -2.09. The van der Waals surface area contributed by atoms with Crippen LogP contribution in [0, 0.1) is 6.92 Å². The van der Waals surface area contributed by atoms with Crippen LogP contribution in [0.15, 0.2) is 60.7 Å². The minimum atomic E-state index is -0.375. The summed E-state index contributed by atoms with van der Waals surface area (Å²) >= 11 is 1.26. The fourth-order valence-electron chi connectivity index (χ4n) is 3.19. The molecule has 166 valence electrons. The van der Waals surface area contributed by atoms with Gasteiger partial charge in [-0.3, -0.25) is 0 Å². The van der Waals surface area contributed by atoms with Gasteiger partial charge in [0.05, 0.1) is 12.3 Å². The number of carbonyl (C=O) groups is 1. The highest BCUT2D eigenvalue weighted by molar-refractivity contribution is 7.17. The van der Waals surface area contributed by atoms with E-state index < -0.39 is 0 Å². The van der Waals surface area contributed by atoms with Crippen molar-refractivity contribution in [1.82, 2.24) is 4.98 Å². The SMILES string of the molecule is CC.CCOC(=O)c1sc(-c2cc(O)c3ccc(OCc4ccccc4)cc3c2)nc1C. The Kier molecular flexibility index (Phi) is 7.84. The lowest BCUT2D eigenvalue weighted by molar-refractivity contribution is 0.0531. The Hall–Kier alpha value is -3.38. The fourth-order valence-corrected chi connectivity index (χ4v) is 4.14. The van der Waals surface area contributed by atoms with E-state index in [1.165, 1.54) is 11.3 Å². The summed E-state index contributed by atoms with van der Waals surface area (Å²) in [4.78, 5) is 17.1. The number of phenols is 1. The lowest BCUT2D eigenvalue weighted by atomic mass is 10.1. The number of esters is 1. The van der Waals surface area contributed by atoms with Crippen LogP contribution in [0.5, 0.6) is 11.5 Å². The maximum atomic E-state index is 12.1. The number of hydrogen-bond donors (Lipinski definition) is 1. The first-order chi connectivity index (χ1) is 15.5. The van der Waals surface area contributed by atoms with Crippen molar-refractivity contribution in [3.63, 3.8) is 0 Å². The number of aromatic nitrogens is 1. The van der Waals surface area contributed by atoms with Gasteiger partial charge >= 0.3 is 5.97 Å². The van der Waals surface area contributed by atoms with Crippen molar-refractivity contribution in [3.05, 3.63) is 76.8 Å². The van der Waals surface area contributed by atoms with E-state index in [2.05, 4.69) is 4.98 Å². The summed E-state index contributed by atoms with van der Waals surface area (Å²) in [6.45, 7) is 8.33. The summed E-state index contributed by atoms with van der Waals surface area (Å²) in [5.41, 5.74) is 2.44. The van der Waals surface area contributed by atoms with Gasteiger partial charge in [0.25, 0.3) is 0 Å². The molecule has 5 nitrogen and oxygen atoms in total. The summed E-state index contributed by atoms with van der Waals surface area (Å²) in [6.07, 6.45) is 0. The average molecular weight is 450 g/mol. The topological polar surface area (TPSA) is 68.7 Å². The van der Waals surface area contributed by atoms with E-state index in [4.69, 9.17) is 9.47 Å². The number of phenolic OH excluding ortho intramolecular Hbond substituents is 1. The molecule has 0 aliphatic carbocycles. The second kappa shape index (κ2) is 10.8. The third-order valence-corrected chi connectivity index (χ3v) is 5.84. The highest BCUT2D eigenvalue weighted by Gasteiger charge is 2.18. The van der Waals surface area contributed by atoms with E-state index >= 15 is 0 Å².